The number of benzene rings is 2. The number of piperidine rings is 1. The van der Waals surface area contributed by atoms with Gasteiger partial charge >= 0.3 is 18.2 Å². The molecule has 2 aromatic rings. The highest BCUT2D eigenvalue weighted by atomic mass is 16.6. The molecule has 2 aliphatic rings. The van der Waals surface area contributed by atoms with E-state index < -0.39 is 59.4 Å². The van der Waals surface area contributed by atoms with E-state index in [1.807, 2.05) is 81.4 Å². The first-order valence-electron chi connectivity index (χ1n) is 17.3. The van der Waals surface area contributed by atoms with Crippen LogP contribution in [0.25, 0.3) is 0 Å². The van der Waals surface area contributed by atoms with Gasteiger partial charge in [0.25, 0.3) is 0 Å². The Balaban J connectivity index is 1.34. The summed E-state index contributed by atoms with van der Waals surface area (Å²) in [5.41, 5.74) is 0.399. The molecule has 50 heavy (non-hydrogen) atoms. The van der Waals surface area contributed by atoms with E-state index in [9.17, 15) is 24.0 Å². The second-order valence-electron chi connectivity index (χ2n) is 15.2. The molecule has 12 heteroatoms. The average Bonchev–Trinajstić information content (AvgIpc) is 3.39. The van der Waals surface area contributed by atoms with Crippen LogP contribution in [0.2, 0.25) is 0 Å². The monoisotopic (exact) mass is 692 g/mol. The van der Waals surface area contributed by atoms with E-state index in [-0.39, 0.29) is 24.9 Å². The molecule has 0 spiro atoms. The summed E-state index contributed by atoms with van der Waals surface area (Å²) in [5.74, 6) is -1.14. The molecule has 4 atom stereocenters. The number of carbonyl (C=O) groups excluding carboxylic acids is 5. The number of hydrogen-bond donors (Lipinski definition) is 2. The van der Waals surface area contributed by atoms with E-state index in [0.717, 1.165) is 11.1 Å². The summed E-state index contributed by atoms with van der Waals surface area (Å²) >= 11 is 0. The van der Waals surface area contributed by atoms with Crippen molar-refractivity contribution in [1.82, 2.24) is 20.4 Å². The Morgan fingerprint density at radius 2 is 1.46 bits per heavy atom. The standard InChI is InChI=1S/C38H52N4O8/c1-25(39-31(43)29(22-26-14-10-8-11-15-26)40-35(46)50-38(5,6)7)32(44)41-20-18-27(19-21-41)23-30-33(45)49-34(37(2,3)4)42(30)36(47)48-24-28-16-12-9-13-17-28/h8-17,25,27,29-30,34H,18-24H2,1-7H3,(H,39,43)(H,40,46)/t25-,29-,30-,34-/m0/s1. The van der Waals surface area contributed by atoms with Crippen LogP contribution < -0.4 is 10.6 Å². The number of cyclic esters (lactones) is 1. The zero-order valence-corrected chi connectivity index (χ0v) is 30.3. The molecule has 0 radical (unpaired) electrons. The van der Waals surface area contributed by atoms with Crippen LogP contribution in [-0.4, -0.2) is 82.8 Å². The van der Waals surface area contributed by atoms with Gasteiger partial charge in [-0.25, -0.2) is 14.4 Å². The van der Waals surface area contributed by atoms with Crippen molar-refractivity contribution < 1.29 is 38.2 Å². The van der Waals surface area contributed by atoms with Gasteiger partial charge in [0.2, 0.25) is 11.8 Å². The second kappa shape index (κ2) is 16.4. The van der Waals surface area contributed by atoms with Crippen LogP contribution in [-0.2, 0) is 41.6 Å². The Morgan fingerprint density at radius 3 is 2.02 bits per heavy atom. The fourth-order valence-corrected chi connectivity index (χ4v) is 6.21. The summed E-state index contributed by atoms with van der Waals surface area (Å²) in [4.78, 5) is 69.1. The first kappa shape index (κ1) is 38.2. The predicted molar refractivity (Wildman–Crippen MR) is 186 cm³/mol. The van der Waals surface area contributed by atoms with Crippen molar-refractivity contribution in [2.24, 2.45) is 11.3 Å². The van der Waals surface area contributed by atoms with Crippen molar-refractivity contribution in [3.05, 3.63) is 71.8 Å². The highest BCUT2D eigenvalue weighted by Crippen LogP contribution is 2.37. The molecule has 2 heterocycles. The van der Waals surface area contributed by atoms with Gasteiger partial charge in [0, 0.05) is 24.9 Å². The van der Waals surface area contributed by atoms with E-state index in [1.54, 1.807) is 32.6 Å². The summed E-state index contributed by atoms with van der Waals surface area (Å²) in [7, 11) is 0. The number of ether oxygens (including phenoxy) is 3. The largest absolute Gasteiger partial charge is 0.444 e. The van der Waals surface area contributed by atoms with Gasteiger partial charge in [-0.3, -0.25) is 14.5 Å². The van der Waals surface area contributed by atoms with E-state index in [1.165, 1.54) is 4.90 Å². The summed E-state index contributed by atoms with van der Waals surface area (Å²) in [5, 5.41) is 5.44. The SMILES string of the molecule is C[C@H](NC(=O)[C@H](Cc1ccccc1)NC(=O)OC(C)(C)C)C(=O)N1CCC(C[C@H]2C(=O)O[C@@H](C(C)(C)C)N2C(=O)OCc2ccccc2)CC1. The number of carbonyl (C=O) groups is 5. The smallest absolute Gasteiger partial charge is 0.413 e. The maximum Gasteiger partial charge on any atom is 0.413 e. The van der Waals surface area contributed by atoms with Crippen molar-refractivity contribution in [2.75, 3.05) is 13.1 Å². The number of esters is 1. The topological polar surface area (TPSA) is 144 Å². The van der Waals surface area contributed by atoms with Crippen molar-refractivity contribution in [1.29, 1.82) is 0 Å². The molecule has 0 aliphatic carbocycles. The van der Waals surface area contributed by atoms with Crippen LogP contribution in [0.4, 0.5) is 9.59 Å². The van der Waals surface area contributed by atoms with Crippen molar-refractivity contribution in [2.45, 2.75) is 111 Å². The van der Waals surface area contributed by atoms with Crippen molar-refractivity contribution in [3.63, 3.8) is 0 Å². The summed E-state index contributed by atoms with van der Waals surface area (Å²) in [6, 6.07) is 16.0. The van der Waals surface area contributed by atoms with Gasteiger partial charge in [-0.05, 0) is 64.0 Å². The Hall–Kier alpha value is -4.61. The minimum Gasteiger partial charge on any atom is -0.444 e. The molecular weight excluding hydrogens is 640 g/mol. The number of rotatable bonds is 10. The van der Waals surface area contributed by atoms with Crippen LogP contribution in [0.1, 0.15) is 78.9 Å². The van der Waals surface area contributed by atoms with Gasteiger partial charge in [-0.2, -0.15) is 0 Å². The number of likely N-dealkylation sites (tertiary alicyclic amines) is 1. The quantitative estimate of drug-likeness (QED) is 0.256. The van der Waals surface area contributed by atoms with E-state index >= 15 is 0 Å². The lowest BCUT2D eigenvalue weighted by Crippen LogP contribution is -2.55. The highest BCUT2D eigenvalue weighted by molar-refractivity contribution is 5.91. The second-order valence-corrected chi connectivity index (χ2v) is 15.2. The lowest BCUT2D eigenvalue weighted by molar-refractivity contribution is -0.147. The molecule has 0 unspecified atom stereocenters. The predicted octanol–water partition coefficient (Wildman–Crippen LogP) is 5.19. The molecule has 272 valence electrons. The van der Waals surface area contributed by atoms with Crippen LogP contribution in [0.3, 0.4) is 0 Å². The molecule has 2 N–H and O–H groups in total. The number of alkyl carbamates (subject to hydrolysis) is 1. The minimum atomic E-state index is -0.960. The highest BCUT2D eigenvalue weighted by Gasteiger charge is 2.51. The molecular formula is C38H52N4O8. The molecule has 0 bridgehead atoms. The van der Waals surface area contributed by atoms with E-state index in [2.05, 4.69) is 10.6 Å². The Bertz CT molecular complexity index is 1480. The normalized spacial score (nSPS) is 19.6. The number of nitrogens with one attached hydrogen (secondary N) is 2. The van der Waals surface area contributed by atoms with Crippen LogP contribution in [0, 0.1) is 11.3 Å². The zero-order valence-electron chi connectivity index (χ0n) is 30.3. The molecule has 2 aliphatic heterocycles. The summed E-state index contributed by atoms with van der Waals surface area (Å²) in [6.07, 6.45) is -0.275. The summed E-state index contributed by atoms with van der Waals surface area (Å²) < 4.78 is 16.8. The molecule has 2 aromatic carbocycles. The van der Waals surface area contributed by atoms with Gasteiger partial charge < -0.3 is 29.7 Å². The maximum atomic E-state index is 13.5. The molecule has 0 aromatic heterocycles. The average molecular weight is 693 g/mol. The number of amides is 4. The van der Waals surface area contributed by atoms with Crippen molar-refractivity contribution in [3.8, 4) is 0 Å². The maximum absolute atomic E-state index is 13.5. The van der Waals surface area contributed by atoms with Gasteiger partial charge in [0.15, 0.2) is 6.23 Å². The van der Waals surface area contributed by atoms with E-state index in [4.69, 9.17) is 14.2 Å². The van der Waals surface area contributed by atoms with Gasteiger partial charge in [0.1, 0.15) is 30.3 Å². The van der Waals surface area contributed by atoms with E-state index in [0.29, 0.717) is 32.4 Å². The van der Waals surface area contributed by atoms with Crippen molar-refractivity contribution >= 4 is 30.0 Å². The molecule has 4 rings (SSSR count). The molecule has 4 amide bonds. The van der Waals surface area contributed by atoms with Gasteiger partial charge in [-0.1, -0.05) is 81.4 Å². The zero-order chi connectivity index (χ0) is 36.6. The Morgan fingerprint density at radius 1 is 0.880 bits per heavy atom. The lowest BCUT2D eigenvalue weighted by Gasteiger charge is -2.36. The van der Waals surface area contributed by atoms with Crippen LogP contribution in [0.5, 0.6) is 0 Å². The summed E-state index contributed by atoms with van der Waals surface area (Å²) in [6.45, 7) is 13.5. The Labute approximate surface area is 295 Å². The first-order chi connectivity index (χ1) is 23.5. The Kier molecular flexibility index (Phi) is 12.5. The van der Waals surface area contributed by atoms with Gasteiger partial charge in [0.05, 0.1) is 0 Å². The van der Waals surface area contributed by atoms with Gasteiger partial charge in [-0.15, -0.1) is 0 Å². The third kappa shape index (κ3) is 10.7. The number of nitrogens with zero attached hydrogens (tertiary/aromatic N) is 2. The third-order valence-corrected chi connectivity index (χ3v) is 8.75. The fraction of sp³-hybridized carbons (Fsp3) is 0.553. The molecule has 0 saturated carbocycles. The van der Waals surface area contributed by atoms with Crippen LogP contribution in [0.15, 0.2) is 60.7 Å². The third-order valence-electron chi connectivity index (χ3n) is 8.75. The lowest BCUT2D eigenvalue weighted by atomic mass is 9.88. The minimum absolute atomic E-state index is 0.0536. The molecule has 12 nitrogen and oxygen atoms in total. The fourth-order valence-electron chi connectivity index (χ4n) is 6.21. The molecule has 2 fully saturated rings. The molecule has 2 saturated heterocycles. The first-order valence-corrected chi connectivity index (χ1v) is 17.3. The number of hydrogen-bond acceptors (Lipinski definition) is 8. The van der Waals surface area contributed by atoms with Crippen LogP contribution >= 0.6 is 0 Å².